The number of hydrogen-bond acceptors (Lipinski definition) is 3. The molecule has 1 aromatic heterocycles. The minimum Gasteiger partial charge on any atom is -0.271 e. The third kappa shape index (κ3) is 1.76. The lowest BCUT2D eigenvalue weighted by atomic mass is 10.2. The van der Waals surface area contributed by atoms with E-state index in [1.807, 2.05) is 6.07 Å². The molecule has 1 aromatic carbocycles. The minimum absolute atomic E-state index is 0.305. The molecule has 17 heavy (non-hydrogen) atoms. The van der Waals surface area contributed by atoms with Gasteiger partial charge in [0, 0.05) is 19.7 Å². The predicted molar refractivity (Wildman–Crippen MR) is 65.6 cm³/mol. The van der Waals surface area contributed by atoms with Crippen molar-refractivity contribution in [3.63, 3.8) is 0 Å². The maximum atomic E-state index is 12.1. The normalized spacial score (nSPS) is 10.5. The van der Waals surface area contributed by atoms with Crippen LogP contribution < -0.4 is 5.69 Å². The maximum Gasteiger partial charge on any atom is 0.352 e. The highest BCUT2D eigenvalue weighted by molar-refractivity contribution is 7.71. The number of nitrogens with zero attached hydrogens (tertiary/aromatic N) is 3. The van der Waals surface area contributed by atoms with Crippen LogP contribution in [0.4, 0.5) is 0 Å². The van der Waals surface area contributed by atoms with Crippen molar-refractivity contribution < 1.29 is 4.79 Å². The Morgan fingerprint density at radius 3 is 2.24 bits per heavy atom. The van der Waals surface area contributed by atoms with Crippen molar-refractivity contribution >= 4 is 18.1 Å². The summed E-state index contributed by atoms with van der Waals surface area (Å²) in [4.78, 5) is 24.0. The first-order valence-corrected chi connectivity index (χ1v) is 5.39. The van der Waals surface area contributed by atoms with Gasteiger partial charge in [-0.2, -0.15) is 4.68 Å². The summed E-state index contributed by atoms with van der Waals surface area (Å²) in [5.41, 5.74) is 0.0113. The Kier molecular flexibility index (Phi) is 2.81. The molecule has 0 radical (unpaired) electrons. The number of rotatable bonds is 1. The molecule has 0 aliphatic carbocycles. The molecule has 0 fully saturated rings. The zero-order valence-corrected chi connectivity index (χ0v) is 10.3. The van der Waals surface area contributed by atoms with Crippen molar-refractivity contribution in [1.29, 1.82) is 0 Å². The second kappa shape index (κ2) is 4.14. The predicted octanol–water partition coefficient (Wildman–Crippen LogP) is 0.943. The van der Waals surface area contributed by atoms with Gasteiger partial charge < -0.3 is 0 Å². The van der Waals surface area contributed by atoms with Gasteiger partial charge in [0.15, 0.2) is 4.77 Å². The molecule has 0 amide bonds. The van der Waals surface area contributed by atoms with Gasteiger partial charge in [-0.05, 0) is 24.4 Å². The van der Waals surface area contributed by atoms with E-state index in [0.29, 0.717) is 10.3 Å². The molecule has 6 heteroatoms. The topological polar surface area (TPSA) is 48.9 Å². The zero-order valence-electron chi connectivity index (χ0n) is 9.45. The first-order chi connectivity index (χ1) is 8.04. The van der Waals surface area contributed by atoms with Crippen LogP contribution in [0.15, 0.2) is 35.1 Å². The summed E-state index contributed by atoms with van der Waals surface area (Å²) in [5.74, 6) is -0.384. The van der Waals surface area contributed by atoms with Crippen LogP contribution in [0, 0.1) is 4.77 Å². The SMILES string of the molecule is Cn1c(=S)n(C)n(C(=O)c2ccccc2)c1=O. The van der Waals surface area contributed by atoms with Crippen molar-refractivity contribution in [2.24, 2.45) is 14.1 Å². The molecule has 0 unspecified atom stereocenters. The van der Waals surface area contributed by atoms with E-state index in [1.165, 1.54) is 9.25 Å². The fourth-order valence-electron chi connectivity index (χ4n) is 1.58. The minimum atomic E-state index is -0.439. The summed E-state index contributed by atoms with van der Waals surface area (Å²) in [7, 11) is 3.13. The Bertz CT molecular complexity index is 679. The van der Waals surface area contributed by atoms with Crippen LogP contribution in [0.25, 0.3) is 0 Å². The van der Waals surface area contributed by atoms with Crippen LogP contribution in [0.2, 0.25) is 0 Å². The van der Waals surface area contributed by atoms with Crippen molar-refractivity contribution in [2.45, 2.75) is 0 Å². The fourth-order valence-corrected chi connectivity index (χ4v) is 1.74. The van der Waals surface area contributed by atoms with Gasteiger partial charge in [0.25, 0.3) is 5.91 Å². The molecule has 1 heterocycles. The van der Waals surface area contributed by atoms with Crippen molar-refractivity contribution in [2.75, 3.05) is 0 Å². The summed E-state index contributed by atoms with van der Waals surface area (Å²) in [5, 5.41) is 0. The van der Waals surface area contributed by atoms with Gasteiger partial charge in [-0.25, -0.2) is 4.79 Å². The Morgan fingerprint density at radius 1 is 1.18 bits per heavy atom. The molecule has 0 aliphatic heterocycles. The van der Waals surface area contributed by atoms with E-state index in [0.717, 1.165) is 4.68 Å². The molecule has 0 N–H and O–H groups in total. The molecule has 88 valence electrons. The lowest BCUT2D eigenvalue weighted by Crippen LogP contribution is -2.31. The molecule has 0 saturated heterocycles. The van der Waals surface area contributed by atoms with Crippen LogP contribution in [0.1, 0.15) is 10.4 Å². The van der Waals surface area contributed by atoms with Gasteiger partial charge in [0.1, 0.15) is 0 Å². The number of aromatic nitrogens is 3. The average Bonchev–Trinajstić information content (AvgIpc) is 2.54. The Labute approximate surface area is 103 Å². The summed E-state index contributed by atoms with van der Waals surface area (Å²) in [6.07, 6.45) is 0. The Morgan fingerprint density at radius 2 is 1.76 bits per heavy atom. The molecular weight excluding hydrogens is 238 g/mol. The first-order valence-electron chi connectivity index (χ1n) is 4.99. The van der Waals surface area contributed by atoms with Crippen molar-refractivity contribution in [3.8, 4) is 0 Å². The lowest BCUT2D eigenvalue weighted by Gasteiger charge is -2.03. The Hall–Kier alpha value is -1.95. The van der Waals surface area contributed by atoms with E-state index in [-0.39, 0.29) is 5.91 Å². The number of carbonyl (C=O) groups is 1. The van der Waals surface area contributed by atoms with E-state index in [9.17, 15) is 9.59 Å². The van der Waals surface area contributed by atoms with Crippen LogP contribution in [-0.4, -0.2) is 19.8 Å². The number of carbonyl (C=O) groups excluding carboxylic acids is 1. The van der Waals surface area contributed by atoms with Gasteiger partial charge in [-0.3, -0.25) is 14.0 Å². The highest BCUT2D eigenvalue weighted by atomic mass is 32.1. The van der Waals surface area contributed by atoms with E-state index in [4.69, 9.17) is 12.2 Å². The van der Waals surface area contributed by atoms with E-state index < -0.39 is 5.69 Å². The van der Waals surface area contributed by atoms with Crippen LogP contribution >= 0.6 is 12.2 Å². The molecule has 5 nitrogen and oxygen atoms in total. The largest absolute Gasteiger partial charge is 0.352 e. The second-order valence-electron chi connectivity index (χ2n) is 3.63. The van der Waals surface area contributed by atoms with Gasteiger partial charge in [0.05, 0.1) is 0 Å². The van der Waals surface area contributed by atoms with Crippen LogP contribution in [0.5, 0.6) is 0 Å². The van der Waals surface area contributed by atoms with Gasteiger partial charge in [0.2, 0.25) is 0 Å². The number of benzene rings is 1. The second-order valence-corrected chi connectivity index (χ2v) is 4.00. The first kappa shape index (κ1) is 11.5. The molecule has 0 saturated carbocycles. The van der Waals surface area contributed by atoms with Crippen molar-refractivity contribution in [1.82, 2.24) is 13.9 Å². The quantitative estimate of drug-likeness (QED) is 0.707. The van der Waals surface area contributed by atoms with E-state index in [1.54, 1.807) is 38.4 Å². The van der Waals surface area contributed by atoms with Gasteiger partial charge in [-0.15, -0.1) is 0 Å². The highest BCUT2D eigenvalue weighted by Gasteiger charge is 2.16. The standard InChI is InChI=1S/C11H11N3O2S/c1-12-10(16)14(13(2)11(12)17)9(15)8-6-4-3-5-7-8/h3-7H,1-2H3. The van der Waals surface area contributed by atoms with Crippen molar-refractivity contribution in [3.05, 3.63) is 51.2 Å². The lowest BCUT2D eigenvalue weighted by molar-refractivity contribution is 0.0926. The number of hydrogen-bond donors (Lipinski definition) is 0. The third-order valence-corrected chi connectivity index (χ3v) is 3.08. The summed E-state index contributed by atoms with van der Waals surface area (Å²) in [6, 6.07) is 8.62. The molecule has 0 aliphatic rings. The molecule has 0 spiro atoms. The highest BCUT2D eigenvalue weighted by Crippen LogP contribution is 2.01. The van der Waals surface area contributed by atoms with Crippen LogP contribution in [-0.2, 0) is 14.1 Å². The third-order valence-electron chi connectivity index (χ3n) is 2.54. The van der Waals surface area contributed by atoms with Gasteiger partial charge in [-0.1, -0.05) is 18.2 Å². The molecule has 2 aromatic rings. The monoisotopic (exact) mass is 249 g/mol. The summed E-state index contributed by atoms with van der Waals surface area (Å²) >= 11 is 5.02. The van der Waals surface area contributed by atoms with Crippen LogP contribution in [0.3, 0.4) is 0 Å². The molecule has 0 bridgehead atoms. The maximum absolute atomic E-state index is 12.1. The summed E-state index contributed by atoms with van der Waals surface area (Å²) < 4.78 is 3.96. The van der Waals surface area contributed by atoms with E-state index in [2.05, 4.69) is 0 Å². The average molecular weight is 249 g/mol. The molecule has 2 rings (SSSR count). The zero-order chi connectivity index (χ0) is 12.6. The summed E-state index contributed by atoms with van der Waals surface area (Å²) in [6.45, 7) is 0. The van der Waals surface area contributed by atoms with Gasteiger partial charge >= 0.3 is 5.69 Å². The van der Waals surface area contributed by atoms with E-state index >= 15 is 0 Å². The fraction of sp³-hybridized carbons (Fsp3) is 0.182. The smallest absolute Gasteiger partial charge is 0.271 e. The Balaban J connectivity index is 2.65. The molecular formula is C11H11N3O2S. The molecule has 0 atom stereocenters.